The molecule has 6 nitrogen and oxygen atoms in total. The second-order valence-corrected chi connectivity index (χ2v) is 5.65. The number of hydrogen-bond donors (Lipinski definition) is 1. The number of nitrogens with zero attached hydrogens (tertiary/aromatic N) is 4. The van der Waals surface area contributed by atoms with E-state index in [2.05, 4.69) is 20.4 Å². The van der Waals surface area contributed by atoms with E-state index in [1.165, 1.54) is 0 Å². The molecular weight excluding hydrogens is 314 g/mol. The third kappa shape index (κ3) is 2.85. The molecule has 3 heterocycles. The van der Waals surface area contributed by atoms with Gasteiger partial charge in [0.2, 0.25) is 0 Å². The monoisotopic (exact) mass is 329 g/mol. The van der Waals surface area contributed by atoms with Crippen molar-refractivity contribution in [1.29, 1.82) is 0 Å². The molecule has 4 rings (SSSR count). The smallest absolute Gasteiger partial charge is 0.259 e. The van der Waals surface area contributed by atoms with Crippen molar-refractivity contribution in [1.82, 2.24) is 19.6 Å². The standard InChI is InChI=1S/C19H15N5O/c1-13-7-9-20-11-16(13)23-19(25)15-8-10-21-24-12-17(22-18(15)24)14-5-3-2-4-6-14/h2-12H,1H3,(H,23,25). The molecule has 0 spiro atoms. The number of carbonyl (C=O) groups excluding carboxylic acids is 1. The van der Waals surface area contributed by atoms with Gasteiger partial charge >= 0.3 is 0 Å². The van der Waals surface area contributed by atoms with Gasteiger partial charge in [0, 0.05) is 18.0 Å². The number of anilines is 1. The van der Waals surface area contributed by atoms with Crippen molar-refractivity contribution >= 4 is 17.2 Å². The number of hydrogen-bond acceptors (Lipinski definition) is 4. The lowest BCUT2D eigenvalue weighted by Gasteiger charge is -2.07. The Hall–Kier alpha value is -3.54. The summed E-state index contributed by atoms with van der Waals surface area (Å²) in [7, 11) is 0. The minimum Gasteiger partial charge on any atom is -0.320 e. The van der Waals surface area contributed by atoms with Gasteiger partial charge in [0.05, 0.1) is 29.3 Å². The molecule has 0 aliphatic rings. The van der Waals surface area contributed by atoms with Crippen molar-refractivity contribution in [2.45, 2.75) is 6.92 Å². The van der Waals surface area contributed by atoms with Crippen LogP contribution in [0, 0.1) is 6.92 Å². The number of aromatic nitrogens is 4. The van der Waals surface area contributed by atoms with Gasteiger partial charge in [0.15, 0.2) is 5.65 Å². The van der Waals surface area contributed by atoms with Crippen LogP contribution in [0.5, 0.6) is 0 Å². The largest absolute Gasteiger partial charge is 0.320 e. The van der Waals surface area contributed by atoms with Crippen molar-refractivity contribution in [3.05, 3.63) is 78.4 Å². The summed E-state index contributed by atoms with van der Waals surface area (Å²) >= 11 is 0. The fourth-order valence-electron chi connectivity index (χ4n) is 2.61. The lowest BCUT2D eigenvalue weighted by Crippen LogP contribution is -2.14. The van der Waals surface area contributed by atoms with Gasteiger partial charge in [-0.2, -0.15) is 5.10 Å². The third-order valence-electron chi connectivity index (χ3n) is 3.96. The highest BCUT2D eigenvalue weighted by Crippen LogP contribution is 2.21. The van der Waals surface area contributed by atoms with E-state index >= 15 is 0 Å². The summed E-state index contributed by atoms with van der Waals surface area (Å²) in [5.74, 6) is -0.242. The summed E-state index contributed by atoms with van der Waals surface area (Å²) in [6.07, 6.45) is 6.73. The summed E-state index contributed by atoms with van der Waals surface area (Å²) < 4.78 is 1.62. The van der Waals surface area contributed by atoms with Crippen LogP contribution in [0.2, 0.25) is 0 Å². The number of nitrogens with one attached hydrogen (secondary N) is 1. The molecule has 122 valence electrons. The fraction of sp³-hybridized carbons (Fsp3) is 0.0526. The molecule has 0 aliphatic carbocycles. The molecule has 1 N–H and O–H groups in total. The number of benzene rings is 1. The molecular formula is C19H15N5O. The number of amides is 1. The minimum atomic E-state index is -0.242. The molecule has 1 aromatic carbocycles. The maximum Gasteiger partial charge on any atom is 0.259 e. The topological polar surface area (TPSA) is 72.2 Å². The van der Waals surface area contributed by atoms with Crippen LogP contribution in [0.15, 0.2) is 67.3 Å². The zero-order chi connectivity index (χ0) is 17.2. The molecule has 0 fully saturated rings. The third-order valence-corrected chi connectivity index (χ3v) is 3.96. The Bertz CT molecular complexity index is 1060. The van der Waals surface area contributed by atoms with Gasteiger partial charge in [-0.05, 0) is 24.6 Å². The molecule has 6 heteroatoms. The summed E-state index contributed by atoms with van der Waals surface area (Å²) in [6, 6.07) is 13.3. The first-order valence-corrected chi connectivity index (χ1v) is 7.84. The maximum atomic E-state index is 12.7. The van der Waals surface area contributed by atoms with Crippen LogP contribution in [-0.4, -0.2) is 25.5 Å². The number of rotatable bonds is 3. The van der Waals surface area contributed by atoms with E-state index in [1.807, 2.05) is 49.5 Å². The van der Waals surface area contributed by atoms with Gasteiger partial charge in [-0.25, -0.2) is 9.50 Å². The van der Waals surface area contributed by atoms with Crippen molar-refractivity contribution in [2.75, 3.05) is 5.32 Å². The average molecular weight is 329 g/mol. The number of imidazole rings is 1. The Morgan fingerprint density at radius 3 is 2.72 bits per heavy atom. The van der Waals surface area contributed by atoms with Crippen LogP contribution in [0.25, 0.3) is 16.9 Å². The maximum absolute atomic E-state index is 12.7. The first kappa shape index (κ1) is 15.0. The Morgan fingerprint density at radius 1 is 1.08 bits per heavy atom. The van der Waals surface area contributed by atoms with Crippen LogP contribution in [0.3, 0.4) is 0 Å². The Kier molecular flexibility index (Phi) is 3.70. The number of pyridine rings is 1. The average Bonchev–Trinajstić information content (AvgIpc) is 3.08. The van der Waals surface area contributed by atoms with Crippen LogP contribution in [0.4, 0.5) is 5.69 Å². The van der Waals surface area contributed by atoms with Crippen molar-refractivity contribution < 1.29 is 4.79 Å². The molecule has 0 saturated heterocycles. The molecule has 0 atom stereocenters. The van der Waals surface area contributed by atoms with Gasteiger partial charge in [0.25, 0.3) is 5.91 Å². The molecule has 1 amide bonds. The van der Waals surface area contributed by atoms with E-state index in [4.69, 9.17) is 0 Å². The van der Waals surface area contributed by atoms with Crippen LogP contribution >= 0.6 is 0 Å². The number of aryl methyl sites for hydroxylation is 1. The Balaban J connectivity index is 1.74. The quantitative estimate of drug-likeness (QED) is 0.625. The predicted molar refractivity (Wildman–Crippen MR) is 95.4 cm³/mol. The molecule has 0 radical (unpaired) electrons. The molecule has 4 aromatic rings. The van der Waals surface area contributed by atoms with Crippen molar-refractivity contribution in [2.24, 2.45) is 0 Å². The lowest BCUT2D eigenvalue weighted by atomic mass is 10.2. The first-order chi connectivity index (χ1) is 12.2. The molecule has 0 aliphatic heterocycles. The van der Waals surface area contributed by atoms with Gasteiger partial charge in [0.1, 0.15) is 0 Å². The molecule has 0 saturated carbocycles. The molecule has 3 aromatic heterocycles. The van der Waals surface area contributed by atoms with Crippen LogP contribution < -0.4 is 5.32 Å². The second kappa shape index (κ2) is 6.16. The van der Waals surface area contributed by atoms with Gasteiger partial charge < -0.3 is 5.32 Å². The Morgan fingerprint density at radius 2 is 1.92 bits per heavy atom. The zero-order valence-electron chi connectivity index (χ0n) is 13.5. The Labute approximate surface area is 144 Å². The van der Waals surface area contributed by atoms with E-state index in [1.54, 1.807) is 29.2 Å². The van der Waals surface area contributed by atoms with E-state index in [0.29, 0.717) is 16.9 Å². The fourth-order valence-corrected chi connectivity index (χ4v) is 2.61. The summed E-state index contributed by atoms with van der Waals surface area (Å²) in [5.41, 5.74) is 4.34. The normalized spacial score (nSPS) is 10.8. The minimum absolute atomic E-state index is 0.242. The first-order valence-electron chi connectivity index (χ1n) is 7.84. The van der Waals surface area contributed by atoms with Crippen LogP contribution in [-0.2, 0) is 0 Å². The summed E-state index contributed by atoms with van der Waals surface area (Å²) in [6.45, 7) is 1.92. The van der Waals surface area contributed by atoms with Gasteiger partial charge in [-0.15, -0.1) is 0 Å². The van der Waals surface area contributed by atoms with E-state index in [0.717, 1.165) is 16.8 Å². The molecule has 0 bridgehead atoms. The van der Waals surface area contributed by atoms with Crippen molar-refractivity contribution in [3.8, 4) is 11.3 Å². The number of fused-ring (bicyclic) bond motifs is 1. The highest BCUT2D eigenvalue weighted by molar-refractivity contribution is 6.08. The molecule has 0 unspecified atom stereocenters. The van der Waals surface area contributed by atoms with Gasteiger partial charge in [-0.3, -0.25) is 9.78 Å². The summed E-state index contributed by atoms with van der Waals surface area (Å²) in [5, 5.41) is 7.14. The highest BCUT2D eigenvalue weighted by atomic mass is 16.1. The predicted octanol–water partition coefficient (Wildman–Crippen LogP) is 3.35. The van der Waals surface area contributed by atoms with E-state index in [9.17, 15) is 4.79 Å². The van der Waals surface area contributed by atoms with E-state index < -0.39 is 0 Å². The van der Waals surface area contributed by atoms with E-state index in [-0.39, 0.29) is 5.91 Å². The summed E-state index contributed by atoms with van der Waals surface area (Å²) in [4.78, 5) is 21.3. The van der Waals surface area contributed by atoms with Crippen LogP contribution in [0.1, 0.15) is 15.9 Å². The molecule has 25 heavy (non-hydrogen) atoms. The lowest BCUT2D eigenvalue weighted by molar-refractivity contribution is 0.102. The number of carbonyl (C=O) groups is 1. The highest BCUT2D eigenvalue weighted by Gasteiger charge is 2.15. The van der Waals surface area contributed by atoms with Gasteiger partial charge in [-0.1, -0.05) is 30.3 Å². The van der Waals surface area contributed by atoms with Crippen molar-refractivity contribution in [3.63, 3.8) is 0 Å². The second-order valence-electron chi connectivity index (χ2n) is 5.65. The zero-order valence-corrected chi connectivity index (χ0v) is 13.5. The SMILES string of the molecule is Cc1ccncc1NC(=O)c1ccnn2cc(-c3ccccc3)nc12.